The van der Waals surface area contributed by atoms with E-state index in [1.807, 2.05) is 0 Å². The zero-order valence-corrected chi connectivity index (χ0v) is 4.63. The maximum atomic E-state index is 9.47. The van der Waals surface area contributed by atoms with Gasteiger partial charge in [-0.15, -0.1) is 0 Å². The number of halogens is 1. The zero-order chi connectivity index (χ0) is 6.62. The van der Waals surface area contributed by atoms with E-state index in [0.717, 1.165) is 0 Å². The normalized spacial score (nSPS) is 10.7. The molecule has 0 bridgehead atoms. The van der Waals surface area contributed by atoms with Gasteiger partial charge in [-0.05, 0) is 0 Å². The first-order chi connectivity index (χ1) is 3.56. The van der Waals surface area contributed by atoms with Crippen LogP contribution in [0.4, 0.5) is 0 Å². The molecule has 0 saturated carbocycles. The van der Waals surface area contributed by atoms with Gasteiger partial charge in [-0.3, -0.25) is 0 Å². The molecular formula is C2H6ClLiO5. The molecule has 1 N–H and O–H groups in total. The van der Waals surface area contributed by atoms with Gasteiger partial charge in [0.05, 0.1) is 21.1 Å². The van der Waals surface area contributed by atoms with Crippen LogP contribution in [0.2, 0.25) is 0 Å². The van der Waals surface area contributed by atoms with Crippen LogP contribution in [-0.4, -0.2) is 37.2 Å². The van der Waals surface area contributed by atoms with Crippen LogP contribution in [0.25, 0.3) is 0 Å². The Labute approximate surface area is 66.2 Å². The van der Waals surface area contributed by atoms with Crippen molar-refractivity contribution in [2.24, 2.45) is 0 Å². The fraction of sp³-hybridized carbons (Fsp3) is 1.00. The second kappa shape index (κ2) is 5.47. The van der Waals surface area contributed by atoms with Crippen LogP contribution in [0.3, 0.4) is 0 Å². The Bertz CT molecular complexity index is 62.5. The van der Waals surface area contributed by atoms with E-state index in [-0.39, 0.29) is 18.9 Å². The molecule has 0 unspecified atom stereocenters. The largest absolute Gasteiger partial charge is 0.393 e. The summed E-state index contributed by atoms with van der Waals surface area (Å²) in [5, 5.41) is 7.90. The summed E-state index contributed by atoms with van der Waals surface area (Å²) in [6.07, 6.45) is 0. The molecule has 0 radical (unpaired) electrons. The average molecular weight is 152 g/mol. The van der Waals surface area contributed by atoms with Crippen molar-refractivity contribution < 1.29 is 33.6 Å². The summed E-state index contributed by atoms with van der Waals surface area (Å²) in [4.78, 5) is 0. The summed E-state index contributed by atoms with van der Waals surface area (Å²) in [6.45, 7) is -0.956. The molecule has 0 amide bonds. The molecular weight excluding hydrogens is 146 g/mol. The summed E-state index contributed by atoms with van der Waals surface area (Å²) in [5.41, 5.74) is 0. The number of hydrogen-bond donors (Lipinski definition) is 1. The van der Waals surface area contributed by atoms with Gasteiger partial charge < -0.3 is 5.11 Å². The Balaban J connectivity index is 0. The molecule has 7 heteroatoms. The molecule has 0 saturated heterocycles. The van der Waals surface area contributed by atoms with Crippen LogP contribution < -0.4 is 14.0 Å². The molecule has 0 aromatic rings. The van der Waals surface area contributed by atoms with Gasteiger partial charge in [-0.25, -0.2) is 0 Å². The predicted molar refractivity (Wildman–Crippen MR) is 20.2 cm³/mol. The number of hydrogen-bond acceptors (Lipinski definition) is 5. The van der Waals surface area contributed by atoms with Gasteiger partial charge in [0.25, 0.3) is 0 Å². The molecule has 0 rings (SSSR count). The Kier molecular flexibility index (Phi) is 7.52. The van der Waals surface area contributed by atoms with E-state index in [4.69, 9.17) is 5.11 Å². The van der Waals surface area contributed by atoms with E-state index in [0.29, 0.717) is 0 Å². The number of aliphatic hydroxyl groups excluding tert-OH is 1. The number of rotatable bonds is 3. The first kappa shape index (κ1) is 12.4. The Morgan fingerprint density at radius 2 is 1.78 bits per heavy atom. The zero-order valence-electron chi connectivity index (χ0n) is 3.87. The smallest absolute Gasteiger partial charge is 0.226 e. The van der Waals surface area contributed by atoms with Crippen molar-refractivity contribution in [2.75, 3.05) is 13.2 Å². The fourth-order valence-electron chi connectivity index (χ4n) is 0.129. The summed E-state index contributed by atoms with van der Waals surface area (Å²) in [5.74, 6) is 0. The minimum Gasteiger partial charge on any atom is -0.393 e. The second-order valence-corrected chi connectivity index (χ2v) is 1.89. The Hall–Kier alpha value is 0.687. The fourth-order valence-corrected chi connectivity index (χ4v) is 0.387. The topological polar surface area (TPSA) is 98.6 Å². The molecule has 0 spiro atoms. The maximum Gasteiger partial charge on any atom is 0.226 e. The van der Waals surface area contributed by atoms with E-state index in [9.17, 15) is 14.0 Å². The van der Waals surface area contributed by atoms with E-state index < -0.39 is 23.5 Å². The molecule has 0 fully saturated rings. The van der Waals surface area contributed by atoms with Gasteiger partial charge in [-0.1, -0.05) is 0 Å². The van der Waals surface area contributed by atoms with Crippen LogP contribution in [0.15, 0.2) is 0 Å². The summed E-state index contributed by atoms with van der Waals surface area (Å²) in [7, 11) is -4.35. The molecule has 0 aromatic carbocycles. The molecule has 0 aliphatic rings. The molecule has 0 aliphatic carbocycles. The predicted octanol–water partition coefficient (Wildman–Crippen LogP) is -4.76. The van der Waals surface area contributed by atoms with Crippen molar-refractivity contribution in [3.05, 3.63) is 0 Å². The standard InChI is InChI=1S/C2H5ClO5.Li.H/c4-1-2-8-3(5,6)7;;/h4H,1-2H2;;. The maximum absolute atomic E-state index is 9.47. The minimum atomic E-state index is -4.35. The second-order valence-electron chi connectivity index (χ2n) is 0.915. The molecule has 0 atom stereocenters. The first-order valence-corrected chi connectivity index (χ1v) is 2.96. The third-order valence-electron chi connectivity index (χ3n) is 0.302. The molecule has 0 heterocycles. The van der Waals surface area contributed by atoms with E-state index in [1.54, 1.807) is 0 Å². The van der Waals surface area contributed by atoms with Gasteiger partial charge in [0, 0.05) is 0 Å². The van der Waals surface area contributed by atoms with Gasteiger partial charge in [0.15, 0.2) is 0 Å². The van der Waals surface area contributed by atoms with Crippen molar-refractivity contribution in [1.29, 1.82) is 0 Å². The SMILES string of the molecule is [LiH].[O-][Cl+3]([O-])([O-])OCCO. The van der Waals surface area contributed by atoms with Crippen molar-refractivity contribution in [2.45, 2.75) is 0 Å². The monoisotopic (exact) mass is 152 g/mol. The van der Waals surface area contributed by atoms with Crippen LogP contribution in [-0.2, 0) is 4.29 Å². The minimum absolute atomic E-state index is 0. The van der Waals surface area contributed by atoms with E-state index >= 15 is 0 Å². The van der Waals surface area contributed by atoms with Gasteiger partial charge >= 0.3 is 18.9 Å². The summed E-state index contributed by atoms with van der Waals surface area (Å²) in [6, 6.07) is 0. The summed E-state index contributed by atoms with van der Waals surface area (Å²) < 4.78 is 31.9. The molecule has 0 aromatic heterocycles. The Morgan fingerprint density at radius 3 is 1.89 bits per heavy atom. The quantitative estimate of drug-likeness (QED) is 0.410. The van der Waals surface area contributed by atoms with Crippen molar-refractivity contribution >= 4 is 18.9 Å². The van der Waals surface area contributed by atoms with Crippen molar-refractivity contribution in [1.82, 2.24) is 0 Å². The van der Waals surface area contributed by atoms with Crippen molar-refractivity contribution in [3.63, 3.8) is 0 Å². The van der Waals surface area contributed by atoms with Gasteiger partial charge in [0.1, 0.15) is 0 Å². The van der Waals surface area contributed by atoms with Crippen LogP contribution in [0.5, 0.6) is 0 Å². The van der Waals surface area contributed by atoms with Crippen LogP contribution in [0, 0.1) is 10.2 Å². The molecule has 0 aliphatic heterocycles. The Morgan fingerprint density at radius 1 is 1.33 bits per heavy atom. The van der Waals surface area contributed by atoms with E-state index in [1.165, 1.54) is 0 Å². The van der Waals surface area contributed by atoms with Crippen LogP contribution >= 0.6 is 0 Å². The first-order valence-electron chi connectivity index (χ1n) is 1.72. The van der Waals surface area contributed by atoms with Gasteiger partial charge in [0.2, 0.25) is 6.61 Å². The number of aliphatic hydroxyl groups is 1. The third kappa shape index (κ3) is 12.0. The molecule has 9 heavy (non-hydrogen) atoms. The average Bonchev–Trinajstić information content (AvgIpc) is 1.59. The van der Waals surface area contributed by atoms with Gasteiger partial charge in [-0.2, -0.15) is 14.0 Å². The van der Waals surface area contributed by atoms with E-state index in [2.05, 4.69) is 4.29 Å². The third-order valence-corrected chi connectivity index (χ3v) is 0.724. The summed E-state index contributed by atoms with van der Waals surface area (Å²) >= 11 is 0. The van der Waals surface area contributed by atoms with Crippen LogP contribution in [0.1, 0.15) is 0 Å². The molecule has 52 valence electrons. The van der Waals surface area contributed by atoms with Crippen molar-refractivity contribution in [3.8, 4) is 0 Å². The molecule has 5 nitrogen and oxygen atoms in total.